The lowest BCUT2D eigenvalue weighted by molar-refractivity contribution is 0.0205. The molecule has 1 saturated heterocycles. The fourth-order valence-corrected chi connectivity index (χ4v) is 2.79. The first-order valence-corrected chi connectivity index (χ1v) is 7.31. The van der Waals surface area contributed by atoms with Crippen LogP contribution in [-0.2, 0) is 4.74 Å². The van der Waals surface area contributed by atoms with Crippen LogP contribution in [0.4, 0.5) is 4.79 Å². The summed E-state index contributed by atoms with van der Waals surface area (Å²) in [6.45, 7) is 6.59. The second kappa shape index (κ2) is 5.93. The van der Waals surface area contributed by atoms with E-state index in [2.05, 4.69) is 0 Å². The number of amides is 1. The van der Waals surface area contributed by atoms with Crippen molar-refractivity contribution in [3.8, 4) is 5.75 Å². The Morgan fingerprint density at radius 1 is 1.43 bits per heavy atom. The molecule has 1 aliphatic rings. The van der Waals surface area contributed by atoms with Crippen LogP contribution >= 0.6 is 0 Å². The van der Waals surface area contributed by atoms with Crippen molar-refractivity contribution < 1.29 is 14.6 Å². The summed E-state index contributed by atoms with van der Waals surface area (Å²) in [5.41, 5.74) is 6.03. The fourth-order valence-electron chi connectivity index (χ4n) is 2.79. The minimum atomic E-state index is -0.541. The van der Waals surface area contributed by atoms with Gasteiger partial charge in [-0.3, -0.25) is 0 Å². The third-order valence-corrected chi connectivity index (χ3v) is 3.71. The third-order valence-electron chi connectivity index (χ3n) is 3.71. The number of phenols is 1. The molecule has 2 rings (SSSR count). The number of benzene rings is 1. The molecular formula is C16H24N2O3. The maximum absolute atomic E-state index is 12.4. The Kier molecular flexibility index (Phi) is 4.42. The van der Waals surface area contributed by atoms with Crippen LogP contribution in [0.15, 0.2) is 24.3 Å². The smallest absolute Gasteiger partial charge is 0.410 e. The second-order valence-corrected chi connectivity index (χ2v) is 6.46. The highest BCUT2D eigenvalue weighted by Crippen LogP contribution is 2.40. The molecule has 0 aliphatic carbocycles. The molecule has 1 amide bonds. The third kappa shape index (κ3) is 3.47. The molecule has 0 spiro atoms. The van der Waals surface area contributed by atoms with Crippen molar-refractivity contribution >= 4 is 6.09 Å². The Hall–Kier alpha value is -1.75. The van der Waals surface area contributed by atoms with Crippen molar-refractivity contribution in [2.24, 2.45) is 11.7 Å². The number of nitrogens with two attached hydrogens (primary N) is 1. The van der Waals surface area contributed by atoms with E-state index in [1.807, 2.05) is 32.9 Å². The monoisotopic (exact) mass is 292 g/mol. The van der Waals surface area contributed by atoms with Crippen LogP contribution in [0.25, 0.3) is 0 Å². The summed E-state index contributed by atoms with van der Waals surface area (Å²) in [6.07, 6.45) is 0.459. The normalized spacial score (nSPS) is 22.4. The van der Waals surface area contributed by atoms with Crippen molar-refractivity contribution in [1.82, 2.24) is 4.90 Å². The zero-order valence-corrected chi connectivity index (χ0v) is 12.9. The van der Waals surface area contributed by atoms with E-state index in [4.69, 9.17) is 10.5 Å². The average molecular weight is 292 g/mol. The van der Waals surface area contributed by atoms with E-state index in [0.717, 1.165) is 12.0 Å². The van der Waals surface area contributed by atoms with Gasteiger partial charge in [0.25, 0.3) is 0 Å². The summed E-state index contributed by atoms with van der Waals surface area (Å²) in [7, 11) is 0. The van der Waals surface area contributed by atoms with Gasteiger partial charge in [0.2, 0.25) is 0 Å². The molecular weight excluding hydrogens is 268 g/mol. The molecule has 0 bridgehead atoms. The lowest BCUT2D eigenvalue weighted by atomic mass is 9.93. The minimum absolute atomic E-state index is 0.130. The number of para-hydroxylation sites is 1. The van der Waals surface area contributed by atoms with Crippen molar-refractivity contribution in [1.29, 1.82) is 0 Å². The number of aromatic hydroxyl groups is 1. The highest BCUT2D eigenvalue weighted by molar-refractivity contribution is 5.69. The number of hydrogen-bond donors (Lipinski definition) is 2. The number of hydrogen-bond acceptors (Lipinski definition) is 4. The number of rotatable bonds is 2. The molecule has 1 fully saturated rings. The minimum Gasteiger partial charge on any atom is -0.508 e. The average Bonchev–Trinajstić information content (AvgIpc) is 2.81. The van der Waals surface area contributed by atoms with Gasteiger partial charge in [0.15, 0.2) is 0 Å². The largest absolute Gasteiger partial charge is 0.508 e. The van der Waals surface area contributed by atoms with Gasteiger partial charge in [0.1, 0.15) is 11.4 Å². The molecule has 2 unspecified atom stereocenters. The summed E-state index contributed by atoms with van der Waals surface area (Å²) in [5, 5.41) is 10.1. The van der Waals surface area contributed by atoms with Crippen LogP contribution in [-0.4, -0.2) is 34.8 Å². The number of phenolic OH excluding ortho intramolecular Hbond substituents is 1. The lowest BCUT2D eigenvalue weighted by Gasteiger charge is -2.31. The maximum atomic E-state index is 12.4. The Morgan fingerprint density at radius 3 is 2.67 bits per heavy atom. The van der Waals surface area contributed by atoms with E-state index in [9.17, 15) is 9.90 Å². The Morgan fingerprint density at radius 2 is 2.10 bits per heavy atom. The number of carbonyl (C=O) groups is 1. The highest BCUT2D eigenvalue weighted by Gasteiger charge is 2.40. The first-order valence-electron chi connectivity index (χ1n) is 7.31. The first-order chi connectivity index (χ1) is 9.83. The predicted octanol–water partition coefficient (Wildman–Crippen LogP) is 2.65. The van der Waals surface area contributed by atoms with E-state index in [-0.39, 0.29) is 23.8 Å². The fraction of sp³-hybridized carbons (Fsp3) is 0.562. The molecule has 2 atom stereocenters. The number of carbonyl (C=O) groups excluding carboxylic acids is 1. The molecule has 1 heterocycles. The Bertz CT molecular complexity index is 510. The van der Waals surface area contributed by atoms with Gasteiger partial charge < -0.3 is 20.5 Å². The summed E-state index contributed by atoms with van der Waals surface area (Å²) in [5.74, 6) is 0.322. The summed E-state index contributed by atoms with van der Waals surface area (Å²) < 4.78 is 5.47. The molecule has 1 aromatic rings. The highest BCUT2D eigenvalue weighted by atomic mass is 16.6. The van der Waals surface area contributed by atoms with Crippen LogP contribution in [0, 0.1) is 5.92 Å². The molecule has 21 heavy (non-hydrogen) atoms. The quantitative estimate of drug-likeness (QED) is 0.878. The summed E-state index contributed by atoms with van der Waals surface area (Å²) >= 11 is 0. The number of ether oxygens (including phenoxy) is 1. The van der Waals surface area contributed by atoms with Crippen LogP contribution in [0.1, 0.15) is 38.8 Å². The van der Waals surface area contributed by atoms with E-state index in [1.165, 1.54) is 0 Å². The molecule has 3 N–H and O–H groups in total. The molecule has 5 heteroatoms. The van der Waals surface area contributed by atoms with Crippen LogP contribution in [0.2, 0.25) is 0 Å². The van der Waals surface area contributed by atoms with Gasteiger partial charge in [0.05, 0.1) is 6.04 Å². The Labute approximate surface area is 125 Å². The summed E-state index contributed by atoms with van der Waals surface area (Å²) in [4.78, 5) is 14.1. The van der Waals surface area contributed by atoms with Gasteiger partial charge in [0, 0.05) is 12.1 Å². The zero-order valence-electron chi connectivity index (χ0n) is 12.9. The van der Waals surface area contributed by atoms with E-state index >= 15 is 0 Å². The zero-order chi connectivity index (χ0) is 15.6. The van der Waals surface area contributed by atoms with Crippen molar-refractivity contribution in [3.63, 3.8) is 0 Å². The van der Waals surface area contributed by atoms with E-state index < -0.39 is 5.60 Å². The van der Waals surface area contributed by atoms with Gasteiger partial charge >= 0.3 is 6.09 Å². The predicted molar refractivity (Wildman–Crippen MR) is 80.9 cm³/mol. The molecule has 5 nitrogen and oxygen atoms in total. The van der Waals surface area contributed by atoms with E-state index in [0.29, 0.717) is 13.1 Å². The molecule has 0 radical (unpaired) electrons. The molecule has 0 saturated carbocycles. The molecule has 1 aromatic carbocycles. The maximum Gasteiger partial charge on any atom is 0.410 e. The topological polar surface area (TPSA) is 75.8 Å². The molecule has 116 valence electrons. The SMILES string of the molecule is CC(C)(C)OC(=O)N1CCC(CN)C1c1ccccc1O. The second-order valence-electron chi connectivity index (χ2n) is 6.46. The number of nitrogens with zero attached hydrogens (tertiary/aromatic N) is 1. The van der Waals surface area contributed by atoms with Gasteiger partial charge in [-0.25, -0.2) is 4.79 Å². The van der Waals surface area contributed by atoms with Crippen LogP contribution in [0.5, 0.6) is 5.75 Å². The van der Waals surface area contributed by atoms with Crippen molar-refractivity contribution in [2.75, 3.05) is 13.1 Å². The first kappa shape index (κ1) is 15.6. The van der Waals surface area contributed by atoms with E-state index in [1.54, 1.807) is 17.0 Å². The van der Waals surface area contributed by atoms with Gasteiger partial charge in [-0.1, -0.05) is 18.2 Å². The van der Waals surface area contributed by atoms with Gasteiger partial charge in [-0.15, -0.1) is 0 Å². The Balaban J connectivity index is 2.29. The van der Waals surface area contributed by atoms with Crippen LogP contribution in [0.3, 0.4) is 0 Å². The van der Waals surface area contributed by atoms with Crippen molar-refractivity contribution in [2.45, 2.75) is 38.8 Å². The molecule has 0 aromatic heterocycles. The standard InChI is InChI=1S/C16H24N2O3/c1-16(2,3)21-15(20)18-9-8-11(10-17)14(18)12-6-4-5-7-13(12)19/h4-7,11,14,19H,8-10,17H2,1-3H3. The number of likely N-dealkylation sites (tertiary alicyclic amines) is 1. The van der Waals surface area contributed by atoms with Crippen molar-refractivity contribution in [3.05, 3.63) is 29.8 Å². The van der Waals surface area contributed by atoms with Gasteiger partial charge in [-0.05, 0) is 45.7 Å². The lowest BCUT2D eigenvalue weighted by Crippen LogP contribution is -2.38. The van der Waals surface area contributed by atoms with Gasteiger partial charge in [-0.2, -0.15) is 0 Å². The summed E-state index contributed by atoms with van der Waals surface area (Å²) in [6, 6.07) is 6.86. The molecule has 1 aliphatic heterocycles. The van der Waals surface area contributed by atoms with Crippen LogP contribution < -0.4 is 5.73 Å².